The fourth-order valence-electron chi connectivity index (χ4n) is 2.55. The van der Waals surface area contributed by atoms with Gasteiger partial charge in [-0.3, -0.25) is 14.6 Å². The van der Waals surface area contributed by atoms with Crippen molar-refractivity contribution in [1.29, 1.82) is 0 Å². The van der Waals surface area contributed by atoms with Crippen LogP contribution in [0.4, 0.5) is 5.69 Å². The molecule has 2 heterocycles. The molecular formula is C18H16ClN3O2. The number of benzene rings is 1. The molecule has 24 heavy (non-hydrogen) atoms. The van der Waals surface area contributed by atoms with Crippen molar-refractivity contribution in [3.8, 4) is 0 Å². The van der Waals surface area contributed by atoms with Crippen molar-refractivity contribution in [2.75, 3.05) is 5.32 Å². The van der Waals surface area contributed by atoms with E-state index in [1.54, 1.807) is 48.9 Å². The van der Waals surface area contributed by atoms with E-state index in [4.69, 9.17) is 11.6 Å². The molecule has 0 fully saturated rings. The average Bonchev–Trinajstić information content (AvgIpc) is 2.56. The number of hydrogen-bond acceptors (Lipinski definition) is 3. The molecule has 0 saturated heterocycles. The Bertz CT molecular complexity index is 965. The predicted molar refractivity (Wildman–Crippen MR) is 95.8 cm³/mol. The number of carbonyl (C=O) groups is 1. The maximum Gasteiger partial charge on any atom is 0.261 e. The van der Waals surface area contributed by atoms with Crippen LogP contribution >= 0.6 is 11.6 Å². The molecule has 0 unspecified atom stereocenters. The summed E-state index contributed by atoms with van der Waals surface area (Å²) in [6.07, 6.45) is 4.74. The van der Waals surface area contributed by atoms with Crippen molar-refractivity contribution in [2.45, 2.75) is 19.9 Å². The maximum atomic E-state index is 12.7. The quantitative estimate of drug-likeness (QED) is 0.786. The molecule has 0 aliphatic rings. The molecule has 0 bridgehead atoms. The highest BCUT2D eigenvalue weighted by Crippen LogP contribution is 2.21. The molecular weight excluding hydrogens is 326 g/mol. The molecule has 0 aliphatic carbocycles. The largest absolute Gasteiger partial charge is 0.344 e. The van der Waals surface area contributed by atoms with Crippen molar-refractivity contribution in [3.63, 3.8) is 0 Å². The normalized spacial score (nSPS) is 11.0. The number of carbonyl (C=O) groups excluding carboxylic acids is 1. The Morgan fingerprint density at radius 2 is 1.92 bits per heavy atom. The number of aromatic nitrogens is 2. The number of anilines is 1. The number of halogens is 1. The number of rotatable bonds is 3. The van der Waals surface area contributed by atoms with Crippen LogP contribution in [0.5, 0.6) is 0 Å². The zero-order valence-corrected chi connectivity index (χ0v) is 14.0. The minimum absolute atomic E-state index is 0.0790. The van der Waals surface area contributed by atoms with Gasteiger partial charge in [0.25, 0.3) is 5.91 Å². The SMILES string of the molecule is CC(C)n1cc(C(=O)Nc2ccncc2)c(=O)c2cc(Cl)ccc21. The summed E-state index contributed by atoms with van der Waals surface area (Å²) in [6, 6.07) is 8.54. The highest BCUT2D eigenvalue weighted by Gasteiger charge is 2.17. The predicted octanol–water partition coefficient (Wildman–Crippen LogP) is 3.88. The van der Waals surface area contributed by atoms with Gasteiger partial charge in [0, 0.05) is 40.7 Å². The zero-order chi connectivity index (χ0) is 17.3. The topological polar surface area (TPSA) is 64.0 Å². The van der Waals surface area contributed by atoms with Gasteiger partial charge in [-0.1, -0.05) is 11.6 Å². The fourth-order valence-corrected chi connectivity index (χ4v) is 2.72. The van der Waals surface area contributed by atoms with Gasteiger partial charge in [-0.25, -0.2) is 0 Å². The summed E-state index contributed by atoms with van der Waals surface area (Å²) >= 11 is 6.03. The molecule has 2 aromatic heterocycles. The second kappa shape index (κ2) is 6.45. The monoisotopic (exact) mass is 341 g/mol. The van der Waals surface area contributed by atoms with Crippen LogP contribution in [0.25, 0.3) is 10.9 Å². The van der Waals surface area contributed by atoms with Gasteiger partial charge in [-0.05, 0) is 44.2 Å². The Balaban J connectivity index is 2.15. The van der Waals surface area contributed by atoms with Crippen LogP contribution in [0, 0.1) is 0 Å². The third-order valence-electron chi connectivity index (χ3n) is 3.73. The van der Waals surface area contributed by atoms with E-state index in [9.17, 15) is 9.59 Å². The third-order valence-corrected chi connectivity index (χ3v) is 3.97. The molecule has 0 radical (unpaired) electrons. The number of amides is 1. The van der Waals surface area contributed by atoms with Gasteiger partial charge in [0.15, 0.2) is 0 Å². The molecule has 0 saturated carbocycles. The average molecular weight is 342 g/mol. The maximum absolute atomic E-state index is 12.7. The molecule has 6 heteroatoms. The number of hydrogen-bond donors (Lipinski definition) is 1. The fraction of sp³-hybridized carbons (Fsp3) is 0.167. The van der Waals surface area contributed by atoms with E-state index in [1.165, 1.54) is 0 Å². The minimum Gasteiger partial charge on any atom is -0.344 e. The third kappa shape index (κ3) is 3.03. The second-order valence-electron chi connectivity index (χ2n) is 5.72. The summed E-state index contributed by atoms with van der Waals surface area (Å²) in [4.78, 5) is 29.2. The van der Waals surface area contributed by atoms with Crippen LogP contribution in [0.3, 0.4) is 0 Å². The highest BCUT2D eigenvalue weighted by molar-refractivity contribution is 6.31. The van der Waals surface area contributed by atoms with Gasteiger partial charge in [0.2, 0.25) is 5.43 Å². The summed E-state index contributed by atoms with van der Waals surface area (Å²) in [5.74, 6) is -0.456. The number of nitrogens with zero attached hydrogens (tertiary/aromatic N) is 2. The first kappa shape index (κ1) is 16.2. The van der Waals surface area contributed by atoms with Gasteiger partial charge in [-0.15, -0.1) is 0 Å². The molecule has 3 aromatic rings. The van der Waals surface area contributed by atoms with Crippen LogP contribution in [-0.2, 0) is 0 Å². The Kier molecular flexibility index (Phi) is 4.36. The van der Waals surface area contributed by atoms with Crippen LogP contribution in [0.15, 0.2) is 53.7 Å². The van der Waals surface area contributed by atoms with E-state index in [-0.39, 0.29) is 17.0 Å². The van der Waals surface area contributed by atoms with Crippen molar-refractivity contribution in [3.05, 3.63) is 69.7 Å². The molecule has 1 aromatic carbocycles. The summed E-state index contributed by atoms with van der Waals surface area (Å²) in [6.45, 7) is 3.98. The lowest BCUT2D eigenvalue weighted by atomic mass is 10.1. The first-order valence-electron chi connectivity index (χ1n) is 7.53. The Morgan fingerprint density at radius 3 is 2.58 bits per heavy atom. The van der Waals surface area contributed by atoms with Gasteiger partial charge in [0.1, 0.15) is 5.56 Å². The molecule has 0 spiro atoms. The van der Waals surface area contributed by atoms with Crippen molar-refractivity contribution in [2.24, 2.45) is 0 Å². The lowest BCUT2D eigenvalue weighted by Crippen LogP contribution is -2.24. The van der Waals surface area contributed by atoms with Gasteiger partial charge in [0.05, 0.1) is 5.52 Å². The van der Waals surface area contributed by atoms with Gasteiger partial charge in [-0.2, -0.15) is 0 Å². The number of fused-ring (bicyclic) bond motifs is 1. The van der Waals surface area contributed by atoms with Crippen molar-refractivity contribution >= 4 is 34.1 Å². The summed E-state index contributed by atoms with van der Waals surface area (Å²) in [5, 5.41) is 3.61. The standard InChI is InChI=1S/C18H16ClN3O2/c1-11(2)22-10-15(18(24)21-13-5-7-20-8-6-13)17(23)14-9-12(19)3-4-16(14)22/h3-11H,1-2H3,(H,20,21,24). The Hall–Kier alpha value is -2.66. The molecule has 122 valence electrons. The molecule has 0 atom stereocenters. The van der Waals surface area contributed by atoms with E-state index in [2.05, 4.69) is 10.3 Å². The van der Waals surface area contributed by atoms with Crippen LogP contribution in [0.1, 0.15) is 30.2 Å². The number of nitrogens with one attached hydrogen (secondary N) is 1. The minimum atomic E-state index is -0.456. The lowest BCUT2D eigenvalue weighted by molar-refractivity contribution is 0.102. The lowest BCUT2D eigenvalue weighted by Gasteiger charge is -2.17. The first-order chi connectivity index (χ1) is 11.5. The van der Waals surface area contributed by atoms with E-state index >= 15 is 0 Å². The molecule has 1 amide bonds. The summed E-state index contributed by atoms with van der Waals surface area (Å²) in [5.41, 5.74) is 1.07. The van der Waals surface area contributed by atoms with Gasteiger partial charge < -0.3 is 9.88 Å². The van der Waals surface area contributed by atoms with E-state index in [0.29, 0.717) is 16.1 Å². The molecule has 3 rings (SSSR count). The van der Waals surface area contributed by atoms with Crippen LogP contribution < -0.4 is 10.7 Å². The Labute approximate surface area is 143 Å². The van der Waals surface area contributed by atoms with Crippen molar-refractivity contribution in [1.82, 2.24) is 9.55 Å². The summed E-state index contributed by atoms with van der Waals surface area (Å²) < 4.78 is 1.90. The van der Waals surface area contributed by atoms with Crippen LogP contribution in [-0.4, -0.2) is 15.5 Å². The van der Waals surface area contributed by atoms with Gasteiger partial charge >= 0.3 is 0 Å². The Morgan fingerprint density at radius 1 is 1.21 bits per heavy atom. The van der Waals surface area contributed by atoms with Crippen molar-refractivity contribution < 1.29 is 4.79 Å². The number of pyridine rings is 2. The van der Waals surface area contributed by atoms with Crippen LogP contribution in [0.2, 0.25) is 5.02 Å². The first-order valence-corrected chi connectivity index (χ1v) is 7.91. The summed E-state index contributed by atoms with van der Waals surface area (Å²) in [7, 11) is 0. The van der Waals surface area contributed by atoms with E-state index < -0.39 is 5.91 Å². The molecule has 0 aliphatic heterocycles. The van der Waals surface area contributed by atoms with E-state index in [0.717, 1.165) is 5.52 Å². The zero-order valence-electron chi connectivity index (χ0n) is 13.3. The smallest absolute Gasteiger partial charge is 0.261 e. The highest BCUT2D eigenvalue weighted by atomic mass is 35.5. The molecule has 1 N–H and O–H groups in total. The second-order valence-corrected chi connectivity index (χ2v) is 6.16. The van der Waals surface area contributed by atoms with E-state index in [1.807, 2.05) is 18.4 Å². The molecule has 5 nitrogen and oxygen atoms in total.